The van der Waals surface area contributed by atoms with E-state index in [2.05, 4.69) is 5.32 Å². The van der Waals surface area contributed by atoms with Crippen LogP contribution in [0.2, 0.25) is 5.02 Å². The Bertz CT molecular complexity index is 859. The summed E-state index contributed by atoms with van der Waals surface area (Å²) in [7, 11) is -3.58. The Morgan fingerprint density at radius 1 is 1.15 bits per heavy atom. The van der Waals surface area contributed by atoms with Crippen LogP contribution in [0, 0.1) is 0 Å². The van der Waals surface area contributed by atoms with E-state index >= 15 is 0 Å². The lowest BCUT2D eigenvalue weighted by molar-refractivity contribution is -0.122. The topological polar surface area (TPSA) is 75.7 Å². The zero-order valence-electron chi connectivity index (χ0n) is 15.3. The molecule has 8 heteroatoms. The number of nitrogens with zero attached hydrogens (tertiary/aromatic N) is 1. The number of nitrogens with one attached hydrogen (secondary N) is 1. The maximum absolute atomic E-state index is 12.3. The summed E-state index contributed by atoms with van der Waals surface area (Å²) < 4.78 is 30.8. The smallest absolute Gasteiger partial charge is 0.235 e. The number of hydrogen-bond acceptors (Lipinski definition) is 4. The number of carbonyl (C=O) groups is 1. The van der Waals surface area contributed by atoms with Crippen molar-refractivity contribution in [3.8, 4) is 5.75 Å². The van der Waals surface area contributed by atoms with Crippen LogP contribution in [0.15, 0.2) is 54.6 Å². The summed E-state index contributed by atoms with van der Waals surface area (Å²) in [5.74, 6) is 0.298. The number of benzene rings is 2. The van der Waals surface area contributed by atoms with Crippen LogP contribution in [0.1, 0.15) is 12.5 Å². The Hall–Kier alpha value is -2.09. The average molecular weight is 411 g/mol. The molecular formula is C19H23ClN2O4S. The lowest BCUT2D eigenvalue weighted by atomic mass is 10.2. The van der Waals surface area contributed by atoms with Crippen molar-refractivity contribution in [2.45, 2.75) is 19.5 Å². The lowest BCUT2D eigenvalue weighted by Crippen LogP contribution is -2.44. The zero-order valence-corrected chi connectivity index (χ0v) is 16.8. The summed E-state index contributed by atoms with van der Waals surface area (Å²) in [6.07, 6.45) is 1.07. The molecule has 27 heavy (non-hydrogen) atoms. The van der Waals surface area contributed by atoms with Crippen LogP contribution in [-0.2, 0) is 21.4 Å². The van der Waals surface area contributed by atoms with Crippen molar-refractivity contribution in [2.75, 3.05) is 19.4 Å². The fraction of sp³-hybridized carbons (Fsp3) is 0.316. The summed E-state index contributed by atoms with van der Waals surface area (Å²) in [5.41, 5.74) is 0.637. The summed E-state index contributed by atoms with van der Waals surface area (Å²) in [4.78, 5) is 12.3. The lowest BCUT2D eigenvalue weighted by Gasteiger charge is -2.22. The quantitative estimate of drug-likeness (QED) is 0.689. The maximum atomic E-state index is 12.3. The molecule has 0 fully saturated rings. The molecule has 0 aliphatic carbocycles. The molecule has 2 rings (SSSR count). The predicted molar refractivity (Wildman–Crippen MR) is 106 cm³/mol. The highest BCUT2D eigenvalue weighted by Crippen LogP contribution is 2.18. The van der Waals surface area contributed by atoms with Crippen molar-refractivity contribution >= 4 is 27.5 Å². The molecule has 0 radical (unpaired) electrons. The highest BCUT2D eigenvalue weighted by molar-refractivity contribution is 7.88. The number of para-hydroxylation sites is 1. The van der Waals surface area contributed by atoms with Gasteiger partial charge in [-0.15, -0.1) is 0 Å². The van der Waals surface area contributed by atoms with Gasteiger partial charge in [0.25, 0.3) is 0 Å². The normalized spacial score (nSPS) is 12.6. The third-order valence-corrected chi connectivity index (χ3v) is 5.31. The third-order valence-electron chi connectivity index (χ3n) is 3.74. The maximum Gasteiger partial charge on any atom is 0.235 e. The monoisotopic (exact) mass is 410 g/mol. The van der Waals surface area contributed by atoms with Gasteiger partial charge >= 0.3 is 0 Å². The molecular weight excluding hydrogens is 388 g/mol. The van der Waals surface area contributed by atoms with Gasteiger partial charge in [-0.1, -0.05) is 48.0 Å². The van der Waals surface area contributed by atoms with E-state index in [0.717, 1.165) is 10.6 Å². The molecule has 6 nitrogen and oxygen atoms in total. The first-order valence-electron chi connectivity index (χ1n) is 8.41. The Labute approximate surface area is 165 Å². The predicted octanol–water partition coefficient (Wildman–Crippen LogP) is 2.69. The van der Waals surface area contributed by atoms with Crippen LogP contribution in [0.3, 0.4) is 0 Å². The number of halogens is 1. The highest BCUT2D eigenvalue weighted by atomic mass is 35.5. The first-order chi connectivity index (χ1) is 12.8. The van der Waals surface area contributed by atoms with Gasteiger partial charge in [-0.25, -0.2) is 8.42 Å². The van der Waals surface area contributed by atoms with E-state index < -0.39 is 15.9 Å². The molecule has 1 atom stereocenters. The molecule has 0 unspecified atom stereocenters. The van der Waals surface area contributed by atoms with E-state index in [-0.39, 0.29) is 25.7 Å². The molecule has 0 spiro atoms. The molecule has 2 aromatic rings. The molecule has 1 N–H and O–H groups in total. The SMILES string of the molecule is C[C@@H](COc1ccccc1)NC(=O)CN(Cc1ccccc1Cl)S(C)(=O)=O. The molecule has 0 aliphatic rings. The molecule has 0 aliphatic heterocycles. The van der Waals surface area contributed by atoms with Crippen molar-refractivity contribution < 1.29 is 17.9 Å². The van der Waals surface area contributed by atoms with Crippen LogP contribution < -0.4 is 10.1 Å². The summed E-state index contributed by atoms with van der Waals surface area (Å²) in [5, 5.41) is 3.20. The van der Waals surface area contributed by atoms with E-state index in [1.165, 1.54) is 0 Å². The van der Waals surface area contributed by atoms with Gasteiger partial charge in [0.2, 0.25) is 15.9 Å². The summed E-state index contributed by atoms with van der Waals surface area (Å²) >= 11 is 6.10. The zero-order chi connectivity index (χ0) is 19.9. The molecule has 0 heterocycles. The largest absolute Gasteiger partial charge is 0.491 e. The molecule has 0 aromatic heterocycles. The second-order valence-electron chi connectivity index (χ2n) is 6.22. The van der Waals surface area contributed by atoms with Crippen LogP contribution in [0.25, 0.3) is 0 Å². The van der Waals surface area contributed by atoms with Gasteiger partial charge in [0, 0.05) is 11.6 Å². The number of rotatable bonds is 9. The first kappa shape index (κ1) is 21.2. The second kappa shape index (κ2) is 9.73. The molecule has 0 saturated heterocycles. The standard InChI is InChI=1S/C19H23ClN2O4S/c1-15(14-26-17-9-4-3-5-10-17)21-19(23)13-22(27(2,24)25)12-16-8-6-7-11-18(16)20/h3-11,15H,12-14H2,1-2H3,(H,21,23)/t15-/m0/s1. The van der Waals surface area contributed by atoms with Crippen molar-refractivity contribution in [2.24, 2.45) is 0 Å². The van der Waals surface area contributed by atoms with Crippen molar-refractivity contribution in [1.82, 2.24) is 9.62 Å². The van der Waals surface area contributed by atoms with Crippen LogP contribution in [0.5, 0.6) is 5.75 Å². The minimum absolute atomic E-state index is 0.0286. The van der Waals surface area contributed by atoms with Crippen molar-refractivity contribution in [1.29, 1.82) is 0 Å². The van der Waals surface area contributed by atoms with Crippen LogP contribution in [-0.4, -0.2) is 44.1 Å². The minimum Gasteiger partial charge on any atom is -0.491 e. The van der Waals surface area contributed by atoms with Crippen molar-refractivity contribution in [3.63, 3.8) is 0 Å². The molecule has 0 bridgehead atoms. The Balaban J connectivity index is 1.92. The summed E-state index contributed by atoms with van der Waals surface area (Å²) in [6.45, 7) is 1.80. The fourth-order valence-corrected chi connectivity index (χ4v) is 3.29. The molecule has 1 amide bonds. The van der Waals surface area contributed by atoms with Crippen LogP contribution in [0.4, 0.5) is 0 Å². The van der Waals surface area contributed by atoms with Gasteiger partial charge in [-0.2, -0.15) is 4.31 Å². The van der Waals surface area contributed by atoms with Gasteiger partial charge in [0.05, 0.1) is 18.8 Å². The van der Waals surface area contributed by atoms with Gasteiger partial charge in [0.15, 0.2) is 0 Å². The minimum atomic E-state index is -3.58. The fourth-order valence-electron chi connectivity index (χ4n) is 2.37. The van der Waals surface area contributed by atoms with E-state index in [1.807, 2.05) is 30.3 Å². The number of carbonyl (C=O) groups excluding carboxylic acids is 1. The Morgan fingerprint density at radius 3 is 2.41 bits per heavy atom. The second-order valence-corrected chi connectivity index (χ2v) is 8.60. The number of sulfonamides is 1. The Morgan fingerprint density at radius 2 is 1.78 bits per heavy atom. The van der Waals surface area contributed by atoms with Gasteiger partial charge in [0.1, 0.15) is 12.4 Å². The van der Waals surface area contributed by atoms with E-state index in [0.29, 0.717) is 16.3 Å². The van der Waals surface area contributed by atoms with Crippen LogP contribution >= 0.6 is 11.6 Å². The molecule has 146 valence electrons. The molecule has 2 aromatic carbocycles. The number of ether oxygens (including phenoxy) is 1. The third kappa shape index (κ3) is 7.21. The average Bonchev–Trinajstić information content (AvgIpc) is 2.61. The van der Waals surface area contributed by atoms with E-state index in [4.69, 9.17) is 16.3 Å². The number of amides is 1. The van der Waals surface area contributed by atoms with E-state index in [9.17, 15) is 13.2 Å². The van der Waals surface area contributed by atoms with Gasteiger partial charge < -0.3 is 10.1 Å². The molecule has 0 saturated carbocycles. The van der Waals surface area contributed by atoms with Gasteiger partial charge in [-0.05, 0) is 30.7 Å². The first-order valence-corrected chi connectivity index (χ1v) is 10.6. The Kier molecular flexibility index (Phi) is 7.65. The van der Waals surface area contributed by atoms with Gasteiger partial charge in [-0.3, -0.25) is 4.79 Å². The number of hydrogen-bond donors (Lipinski definition) is 1. The van der Waals surface area contributed by atoms with E-state index in [1.54, 1.807) is 31.2 Å². The van der Waals surface area contributed by atoms with Crippen molar-refractivity contribution in [3.05, 3.63) is 65.2 Å². The highest BCUT2D eigenvalue weighted by Gasteiger charge is 2.22. The summed E-state index contributed by atoms with van der Waals surface area (Å²) in [6, 6.07) is 15.9.